The Bertz CT molecular complexity index is 587. The molecule has 0 saturated carbocycles. The van der Waals surface area contributed by atoms with Crippen LogP contribution in [0.2, 0.25) is 0 Å². The fraction of sp³-hybridized carbons (Fsp3) is 0.375. The third kappa shape index (κ3) is 4.43. The monoisotopic (exact) mass is 287 g/mol. The number of aromatic nitrogens is 2. The van der Waals surface area contributed by atoms with Crippen molar-refractivity contribution in [2.75, 3.05) is 11.9 Å². The Balaban J connectivity index is 2.07. The molecule has 5 nitrogen and oxygen atoms in total. The van der Waals surface area contributed by atoms with Gasteiger partial charge in [-0.1, -0.05) is 25.1 Å². The molecule has 2 N–H and O–H groups in total. The van der Waals surface area contributed by atoms with E-state index in [4.69, 9.17) is 4.74 Å². The van der Waals surface area contributed by atoms with Crippen molar-refractivity contribution in [2.24, 2.45) is 0 Å². The van der Waals surface area contributed by atoms with Crippen molar-refractivity contribution in [2.45, 2.75) is 33.5 Å². The van der Waals surface area contributed by atoms with E-state index in [-0.39, 0.29) is 13.2 Å². The second-order valence-electron chi connectivity index (χ2n) is 4.79. The molecule has 0 atom stereocenters. The number of nitrogens with one attached hydrogen (secondary N) is 1. The van der Waals surface area contributed by atoms with Crippen LogP contribution in [0.4, 0.5) is 5.82 Å². The first-order valence-corrected chi connectivity index (χ1v) is 7.13. The Kier molecular flexibility index (Phi) is 5.51. The van der Waals surface area contributed by atoms with E-state index in [9.17, 15) is 5.11 Å². The van der Waals surface area contributed by atoms with Gasteiger partial charge >= 0.3 is 0 Å². The third-order valence-corrected chi connectivity index (χ3v) is 2.96. The standard InChI is InChI=1S/C16H21N3O2/c1-3-8-17-15-9-12(2)18-16(19-15)11-21-14-7-5-4-6-13(14)10-20/h4-7,9,20H,3,8,10-11H2,1-2H3,(H,17,18,19). The number of hydrogen-bond donors (Lipinski definition) is 2. The lowest BCUT2D eigenvalue weighted by Gasteiger charge is -2.11. The van der Waals surface area contributed by atoms with E-state index in [0.29, 0.717) is 11.6 Å². The van der Waals surface area contributed by atoms with Crippen molar-refractivity contribution in [3.8, 4) is 5.75 Å². The van der Waals surface area contributed by atoms with Crippen molar-refractivity contribution >= 4 is 5.82 Å². The maximum absolute atomic E-state index is 9.28. The Morgan fingerprint density at radius 1 is 1.24 bits per heavy atom. The zero-order valence-corrected chi connectivity index (χ0v) is 12.5. The number of ether oxygens (including phenoxy) is 1. The van der Waals surface area contributed by atoms with Gasteiger partial charge in [0.05, 0.1) is 6.61 Å². The largest absolute Gasteiger partial charge is 0.485 e. The Hall–Kier alpha value is -2.14. The van der Waals surface area contributed by atoms with Gasteiger partial charge in [-0.2, -0.15) is 0 Å². The van der Waals surface area contributed by atoms with Crippen molar-refractivity contribution in [1.29, 1.82) is 0 Å². The first kappa shape index (κ1) is 15.3. The molecule has 0 amide bonds. The van der Waals surface area contributed by atoms with E-state index in [1.54, 1.807) is 0 Å². The smallest absolute Gasteiger partial charge is 0.168 e. The second kappa shape index (κ2) is 7.59. The van der Waals surface area contributed by atoms with Crippen LogP contribution in [0.15, 0.2) is 30.3 Å². The number of rotatable bonds is 7. The number of benzene rings is 1. The van der Waals surface area contributed by atoms with E-state index in [1.165, 1.54) is 0 Å². The summed E-state index contributed by atoms with van der Waals surface area (Å²) in [6.07, 6.45) is 1.04. The molecule has 0 fully saturated rings. The molecule has 0 aliphatic heterocycles. The number of nitrogens with zero attached hydrogens (tertiary/aromatic N) is 2. The molecule has 2 aromatic rings. The first-order valence-electron chi connectivity index (χ1n) is 7.13. The van der Waals surface area contributed by atoms with Crippen molar-refractivity contribution in [1.82, 2.24) is 9.97 Å². The summed E-state index contributed by atoms with van der Waals surface area (Å²) in [7, 11) is 0. The van der Waals surface area contributed by atoms with Crippen LogP contribution in [-0.2, 0) is 13.2 Å². The summed E-state index contributed by atoms with van der Waals surface area (Å²) in [6.45, 7) is 5.15. The van der Waals surface area contributed by atoms with Gasteiger partial charge in [0.1, 0.15) is 18.2 Å². The molecule has 1 aromatic heterocycles. The predicted octanol–water partition coefficient (Wildman–Crippen LogP) is 2.68. The van der Waals surface area contributed by atoms with Gasteiger partial charge in [-0.3, -0.25) is 0 Å². The minimum Gasteiger partial charge on any atom is -0.485 e. The molecular formula is C16H21N3O2. The van der Waals surface area contributed by atoms with Crippen LogP contribution in [0, 0.1) is 6.92 Å². The minimum absolute atomic E-state index is 0.0475. The topological polar surface area (TPSA) is 67.3 Å². The van der Waals surface area contributed by atoms with Crippen LogP contribution in [0.5, 0.6) is 5.75 Å². The number of anilines is 1. The highest BCUT2D eigenvalue weighted by molar-refractivity contribution is 5.36. The molecule has 1 heterocycles. The summed E-state index contributed by atoms with van der Waals surface area (Å²) in [6, 6.07) is 9.33. The zero-order valence-electron chi connectivity index (χ0n) is 12.5. The van der Waals surface area contributed by atoms with Crippen LogP contribution in [0.1, 0.15) is 30.4 Å². The molecule has 0 saturated heterocycles. The maximum atomic E-state index is 9.28. The fourth-order valence-electron chi connectivity index (χ4n) is 1.96. The van der Waals surface area contributed by atoms with Gasteiger partial charge in [-0.05, 0) is 19.4 Å². The normalized spacial score (nSPS) is 10.4. The van der Waals surface area contributed by atoms with Crippen LogP contribution in [0.25, 0.3) is 0 Å². The predicted molar refractivity (Wildman–Crippen MR) is 82.2 cm³/mol. The lowest BCUT2D eigenvalue weighted by Crippen LogP contribution is -2.08. The van der Waals surface area contributed by atoms with Crippen LogP contribution in [-0.4, -0.2) is 21.6 Å². The van der Waals surface area contributed by atoms with E-state index in [1.807, 2.05) is 37.3 Å². The van der Waals surface area contributed by atoms with Gasteiger partial charge in [0.15, 0.2) is 5.82 Å². The average Bonchev–Trinajstić information content (AvgIpc) is 2.50. The van der Waals surface area contributed by atoms with Crippen molar-refractivity contribution < 1.29 is 9.84 Å². The maximum Gasteiger partial charge on any atom is 0.168 e. The van der Waals surface area contributed by atoms with Crippen LogP contribution in [0.3, 0.4) is 0 Å². The highest BCUT2D eigenvalue weighted by Crippen LogP contribution is 2.19. The summed E-state index contributed by atoms with van der Waals surface area (Å²) in [4.78, 5) is 8.81. The molecule has 0 bridgehead atoms. The molecule has 2 rings (SSSR count). The van der Waals surface area contributed by atoms with E-state index in [2.05, 4.69) is 22.2 Å². The zero-order chi connectivity index (χ0) is 15.1. The van der Waals surface area contributed by atoms with E-state index < -0.39 is 0 Å². The summed E-state index contributed by atoms with van der Waals surface area (Å²) in [5.74, 6) is 2.10. The highest BCUT2D eigenvalue weighted by atomic mass is 16.5. The van der Waals surface area contributed by atoms with Gasteiger partial charge in [-0.15, -0.1) is 0 Å². The number of hydrogen-bond acceptors (Lipinski definition) is 5. The minimum atomic E-state index is -0.0475. The number of aliphatic hydroxyl groups is 1. The first-order chi connectivity index (χ1) is 10.2. The molecule has 0 aliphatic rings. The molecule has 21 heavy (non-hydrogen) atoms. The Labute approximate surface area is 125 Å². The summed E-state index contributed by atoms with van der Waals surface area (Å²) >= 11 is 0. The number of aliphatic hydroxyl groups excluding tert-OH is 1. The van der Waals surface area contributed by atoms with Gasteiger partial charge in [0.2, 0.25) is 0 Å². The number of aryl methyl sites for hydroxylation is 1. The van der Waals surface area contributed by atoms with Crippen LogP contribution >= 0.6 is 0 Å². The van der Waals surface area contributed by atoms with Gasteiger partial charge in [0.25, 0.3) is 0 Å². The molecule has 0 spiro atoms. The van der Waals surface area contributed by atoms with Crippen molar-refractivity contribution in [3.05, 3.63) is 47.4 Å². The van der Waals surface area contributed by atoms with E-state index >= 15 is 0 Å². The van der Waals surface area contributed by atoms with Gasteiger partial charge < -0.3 is 15.2 Å². The fourth-order valence-corrected chi connectivity index (χ4v) is 1.96. The lowest BCUT2D eigenvalue weighted by atomic mass is 10.2. The van der Waals surface area contributed by atoms with Gasteiger partial charge in [0, 0.05) is 23.9 Å². The highest BCUT2D eigenvalue weighted by Gasteiger charge is 2.06. The van der Waals surface area contributed by atoms with E-state index in [0.717, 1.165) is 30.0 Å². The van der Waals surface area contributed by atoms with Crippen LogP contribution < -0.4 is 10.1 Å². The third-order valence-electron chi connectivity index (χ3n) is 2.96. The summed E-state index contributed by atoms with van der Waals surface area (Å²) < 4.78 is 5.72. The molecule has 0 radical (unpaired) electrons. The molecule has 0 unspecified atom stereocenters. The molecular weight excluding hydrogens is 266 g/mol. The Morgan fingerprint density at radius 2 is 2.05 bits per heavy atom. The Morgan fingerprint density at radius 3 is 2.81 bits per heavy atom. The lowest BCUT2D eigenvalue weighted by molar-refractivity contribution is 0.255. The molecule has 112 valence electrons. The average molecular weight is 287 g/mol. The SMILES string of the molecule is CCCNc1cc(C)nc(COc2ccccc2CO)n1. The molecule has 5 heteroatoms. The summed E-state index contributed by atoms with van der Waals surface area (Å²) in [5.41, 5.74) is 1.66. The quantitative estimate of drug-likeness (QED) is 0.819. The second-order valence-corrected chi connectivity index (χ2v) is 4.79. The molecule has 1 aromatic carbocycles. The van der Waals surface area contributed by atoms with Crippen molar-refractivity contribution in [3.63, 3.8) is 0 Å². The number of para-hydroxylation sites is 1. The summed E-state index contributed by atoms with van der Waals surface area (Å²) in [5, 5.41) is 12.5. The molecule has 0 aliphatic carbocycles. The van der Waals surface area contributed by atoms with Gasteiger partial charge in [-0.25, -0.2) is 9.97 Å².